The molecule has 4 atom stereocenters. The van der Waals surface area contributed by atoms with Crippen molar-refractivity contribution in [1.29, 1.82) is 0 Å². The smallest absolute Gasteiger partial charge is 0.258 e. The predicted molar refractivity (Wildman–Crippen MR) is 169 cm³/mol. The number of carbonyl (C=O) groups excluding carboxylic acids is 1. The number of rotatable bonds is 7. The Hall–Kier alpha value is -3.33. The number of benzene rings is 1. The molecule has 2 saturated heterocycles. The summed E-state index contributed by atoms with van der Waals surface area (Å²) < 4.78 is 61.7. The van der Waals surface area contributed by atoms with Gasteiger partial charge in [-0.15, -0.1) is 0 Å². The van der Waals surface area contributed by atoms with Gasteiger partial charge in [0, 0.05) is 86.9 Å². The van der Waals surface area contributed by atoms with Crippen molar-refractivity contribution >= 4 is 33.1 Å². The quantitative estimate of drug-likeness (QED) is 0.414. The molecule has 11 nitrogen and oxygen atoms in total. The first kappa shape index (κ1) is 31.6. The number of sulfonamides is 1. The van der Waals surface area contributed by atoms with Crippen LogP contribution in [0.25, 0.3) is 0 Å². The molecule has 14 heteroatoms. The van der Waals surface area contributed by atoms with E-state index < -0.39 is 33.3 Å². The Morgan fingerprint density at radius 3 is 2.53 bits per heavy atom. The number of nitrogens with one attached hydrogen (secondary N) is 3. The van der Waals surface area contributed by atoms with Crippen molar-refractivity contribution in [2.45, 2.75) is 69.6 Å². The first-order valence-corrected chi connectivity index (χ1v) is 17.1. The van der Waals surface area contributed by atoms with Crippen LogP contribution in [0.3, 0.4) is 0 Å². The number of halogens is 2. The number of fused-ring (bicyclic) bond motifs is 1. The van der Waals surface area contributed by atoms with Crippen LogP contribution >= 0.6 is 0 Å². The van der Waals surface area contributed by atoms with Crippen LogP contribution in [0, 0.1) is 0 Å². The lowest BCUT2D eigenvalue weighted by atomic mass is 9.98. The van der Waals surface area contributed by atoms with Crippen LogP contribution in [0.2, 0.25) is 0 Å². The molecule has 3 aliphatic heterocycles. The summed E-state index contributed by atoms with van der Waals surface area (Å²) in [5.74, 6) is -1.87. The zero-order valence-electron chi connectivity index (χ0n) is 25.9. The molecular formula is C31H41F2N7O4S. The topological polar surface area (TPSA) is 123 Å². The summed E-state index contributed by atoms with van der Waals surface area (Å²) >= 11 is 0. The number of carbonyl (C=O) groups is 1. The van der Waals surface area contributed by atoms with Gasteiger partial charge in [0.25, 0.3) is 5.91 Å². The molecule has 4 aliphatic rings. The number of piperazine rings is 1. The van der Waals surface area contributed by atoms with Crippen LogP contribution in [0.15, 0.2) is 42.0 Å². The molecular weight excluding hydrogens is 604 g/mol. The monoisotopic (exact) mass is 645 g/mol. The Morgan fingerprint density at radius 2 is 1.82 bits per heavy atom. The van der Waals surface area contributed by atoms with Gasteiger partial charge in [-0.3, -0.25) is 9.89 Å². The maximum Gasteiger partial charge on any atom is 0.258 e. The third kappa shape index (κ3) is 6.93. The van der Waals surface area contributed by atoms with Gasteiger partial charge in [-0.2, -0.15) is 9.40 Å². The van der Waals surface area contributed by atoms with Crippen LogP contribution in [-0.4, -0.2) is 97.0 Å². The molecule has 4 heterocycles. The maximum absolute atomic E-state index is 13.9. The van der Waals surface area contributed by atoms with Gasteiger partial charge in [0.2, 0.25) is 10.0 Å². The first-order valence-electron chi connectivity index (χ1n) is 15.6. The van der Waals surface area contributed by atoms with Crippen molar-refractivity contribution in [2.24, 2.45) is 0 Å². The summed E-state index contributed by atoms with van der Waals surface area (Å²) in [4.78, 5) is 18.4. The van der Waals surface area contributed by atoms with Crippen molar-refractivity contribution in [3.63, 3.8) is 0 Å². The van der Waals surface area contributed by atoms with Crippen molar-refractivity contribution in [2.75, 3.05) is 55.3 Å². The fourth-order valence-corrected chi connectivity index (χ4v) is 8.40. The van der Waals surface area contributed by atoms with Gasteiger partial charge < -0.3 is 25.2 Å². The number of hydrogen-bond acceptors (Lipinski definition) is 8. The Bertz CT molecular complexity index is 1590. The van der Waals surface area contributed by atoms with E-state index in [2.05, 4.69) is 51.5 Å². The zero-order chi connectivity index (χ0) is 31.9. The van der Waals surface area contributed by atoms with E-state index >= 15 is 0 Å². The summed E-state index contributed by atoms with van der Waals surface area (Å²) in [7, 11) is -1.96. The van der Waals surface area contributed by atoms with Crippen LogP contribution in [0.1, 0.15) is 54.7 Å². The van der Waals surface area contributed by atoms with Gasteiger partial charge in [-0.25, -0.2) is 17.2 Å². The van der Waals surface area contributed by atoms with E-state index in [0.717, 1.165) is 50.8 Å². The average molecular weight is 646 g/mol. The largest absolute Gasteiger partial charge is 0.381 e. The molecule has 2 fully saturated rings. The molecule has 1 aromatic heterocycles. The van der Waals surface area contributed by atoms with Gasteiger partial charge in [0.05, 0.1) is 17.8 Å². The second-order valence-electron chi connectivity index (χ2n) is 12.6. The Labute approximate surface area is 262 Å². The van der Waals surface area contributed by atoms with Crippen molar-refractivity contribution < 1.29 is 26.7 Å². The molecule has 0 spiro atoms. The summed E-state index contributed by atoms with van der Waals surface area (Å²) in [6.45, 7) is 7.84. The Kier molecular flexibility index (Phi) is 9.01. The number of nitrogens with zero attached hydrogens (tertiary/aromatic N) is 4. The van der Waals surface area contributed by atoms with Crippen LogP contribution < -0.4 is 15.5 Å². The third-order valence-electron chi connectivity index (χ3n) is 9.08. The minimum absolute atomic E-state index is 0.0770. The average Bonchev–Trinajstić information content (AvgIpc) is 3.38. The molecule has 0 saturated carbocycles. The molecule has 0 radical (unpaired) electrons. The summed E-state index contributed by atoms with van der Waals surface area (Å²) in [6, 6.07) is 5.93. The van der Waals surface area contributed by atoms with Gasteiger partial charge in [0.1, 0.15) is 16.9 Å². The highest BCUT2D eigenvalue weighted by molar-refractivity contribution is 7.89. The van der Waals surface area contributed by atoms with Crippen molar-refractivity contribution in [3.8, 4) is 0 Å². The maximum atomic E-state index is 13.9. The zero-order valence-corrected chi connectivity index (χ0v) is 26.7. The highest BCUT2D eigenvalue weighted by Gasteiger charge is 2.37. The highest BCUT2D eigenvalue weighted by Crippen LogP contribution is 2.33. The number of aromatic nitrogens is 2. The van der Waals surface area contributed by atoms with Gasteiger partial charge in [-0.05, 0) is 58.0 Å². The molecule has 6 rings (SSSR count). The van der Waals surface area contributed by atoms with Crippen molar-refractivity contribution in [3.05, 3.63) is 58.8 Å². The lowest BCUT2D eigenvalue weighted by molar-refractivity contribution is -0.0337. The SMILES string of the molecule is C[C@@H]1CC(Nc2cc(N3CCN(C)CC3)ccc2C(=O)Nc2n[nH]c3c2CN(S(=O)(=O)C2C=C(F)C=C(F)C2)CC3)C[C@H](C)O1. The van der Waals surface area contributed by atoms with E-state index in [1.807, 2.05) is 18.2 Å². The predicted octanol–water partition coefficient (Wildman–Crippen LogP) is 3.95. The normalized spacial score (nSPS) is 26.6. The van der Waals surface area contributed by atoms with E-state index in [-0.39, 0.29) is 43.1 Å². The lowest BCUT2D eigenvalue weighted by Crippen LogP contribution is -2.44. The summed E-state index contributed by atoms with van der Waals surface area (Å²) in [5.41, 5.74) is 3.44. The van der Waals surface area contributed by atoms with Gasteiger partial charge in [-0.1, -0.05) is 0 Å². The van der Waals surface area contributed by atoms with Gasteiger partial charge >= 0.3 is 0 Å². The molecule has 45 heavy (non-hydrogen) atoms. The number of anilines is 3. The van der Waals surface area contributed by atoms with Crippen molar-refractivity contribution in [1.82, 2.24) is 19.4 Å². The standard InChI is InChI=1S/C31H41F2N7O4S/c1-19-12-23(13-20(2)44-19)34-29-17-24(39-10-8-38(3)9-11-39)4-5-26(29)31(41)35-30-27-18-40(7-6-28(27)36-37-30)45(42,43)25-15-21(32)14-22(33)16-25/h4-5,14-15,17,19-20,23,25,34H,6-13,16,18H2,1-3H3,(H2,35,36,37,41)/t19-,20+,23?,25?. The van der Waals surface area contributed by atoms with E-state index in [1.54, 1.807) is 0 Å². The number of amides is 1. The molecule has 2 unspecified atom stereocenters. The Morgan fingerprint density at radius 1 is 1.09 bits per heavy atom. The minimum atomic E-state index is -4.07. The third-order valence-corrected chi connectivity index (χ3v) is 11.2. The Balaban J connectivity index is 1.23. The summed E-state index contributed by atoms with van der Waals surface area (Å²) in [6.07, 6.45) is 3.34. The number of allylic oxidation sites excluding steroid dienone is 3. The number of likely N-dealkylation sites (N-methyl/N-ethyl adjacent to an activating group) is 1. The fourth-order valence-electron chi connectivity index (χ4n) is 6.69. The molecule has 2 aromatic rings. The fraction of sp³-hybridized carbons (Fsp3) is 0.548. The molecule has 0 bridgehead atoms. The van der Waals surface area contributed by atoms with Crippen LogP contribution in [0.4, 0.5) is 26.0 Å². The summed E-state index contributed by atoms with van der Waals surface area (Å²) in [5, 5.41) is 12.4. The molecule has 1 aromatic carbocycles. The molecule has 244 valence electrons. The molecule has 1 aliphatic carbocycles. The van der Waals surface area contributed by atoms with Gasteiger partial charge in [0.15, 0.2) is 5.82 Å². The highest BCUT2D eigenvalue weighted by atomic mass is 32.2. The number of hydrogen-bond donors (Lipinski definition) is 3. The van der Waals surface area contributed by atoms with E-state index in [0.29, 0.717) is 35.0 Å². The second-order valence-corrected chi connectivity index (χ2v) is 14.7. The first-order chi connectivity index (χ1) is 21.5. The minimum Gasteiger partial charge on any atom is -0.381 e. The van der Waals surface area contributed by atoms with Crippen LogP contribution in [-0.2, 0) is 27.7 Å². The van der Waals surface area contributed by atoms with Crippen LogP contribution in [0.5, 0.6) is 0 Å². The second kappa shape index (κ2) is 12.8. The number of aromatic amines is 1. The van der Waals surface area contributed by atoms with E-state index in [9.17, 15) is 22.0 Å². The number of ether oxygens (including phenoxy) is 1. The molecule has 1 amide bonds. The number of H-pyrrole nitrogens is 1. The molecule has 3 N–H and O–H groups in total. The lowest BCUT2D eigenvalue weighted by Gasteiger charge is -2.35. The van der Waals surface area contributed by atoms with E-state index in [1.165, 1.54) is 4.31 Å². The van der Waals surface area contributed by atoms with E-state index in [4.69, 9.17) is 4.74 Å².